The second-order valence-corrected chi connectivity index (χ2v) is 5.51. The number of fused-ring (bicyclic) bond motifs is 1. The van der Waals surface area contributed by atoms with Gasteiger partial charge in [0.25, 0.3) is 0 Å². The Morgan fingerprint density at radius 2 is 2.20 bits per heavy atom. The predicted molar refractivity (Wildman–Crippen MR) is 60.5 cm³/mol. The molecule has 84 valence electrons. The van der Waals surface area contributed by atoms with E-state index in [4.69, 9.17) is 11.6 Å². The second kappa shape index (κ2) is 4.23. The maximum Gasteiger partial charge on any atom is 0.167 e. The summed E-state index contributed by atoms with van der Waals surface area (Å²) in [5, 5.41) is 5.39. The van der Waals surface area contributed by atoms with E-state index in [1.54, 1.807) is 6.26 Å². The van der Waals surface area contributed by atoms with Gasteiger partial charge in [0.2, 0.25) is 0 Å². The molecule has 0 aromatic carbocycles. The van der Waals surface area contributed by atoms with E-state index in [0.717, 1.165) is 31.7 Å². The molecule has 0 bridgehead atoms. The van der Waals surface area contributed by atoms with Gasteiger partial charge in [0, 0.05) is 25.9 Å². The third-order valence-electron chi connectivity index (χ3n) is 2.57. The largest absolute Gasteiger partial charge is 0.300 e. The zero-order chi connectivity index (χ0) is 11.0. The third-order valence-corrected chi connectivity index (χ3v) is 3.91. The molecule has 1 aromatic heterocycles. The first-order valence-corrected chi connectivity index (χ1v) is 6.80. The molecule has 1 atom stereocenters. The maximum atomic E-state index is 11.4. The molecule has 1 unspecified atom stereocenters. The summed E-state index contributed by atoms with van der Waals surface area (Å²) in [6, 6.07) is 0. The first kappa shape index (κ1) is 11.1. The van der Waals surface area contributed by atoms with Crippen LogP contribution >= 0.6 is 11.6 Å². The summed E-state index contributed by atoms with van der Waals surface area (Å²) in [5.41, 5.74) is 0.988. The highest BCUT2D eigenvalue weighted by Crippen LogP contribution is 2.26. The molecule has 0 amide bonds. The molecule has 0 spiro atoms. The Balaban J connectivity index is 2.44. The highest BCUT2D eigenvalue weighted by molar-refractivity contribution is 7.84. The van der Waals surface area contributed by atoms with Crippen molar-refractivity contribution in [3.05, 3.63) is 10.7 Å². The maximum absolute atomic E-state index is 11.4. The molecule has 1 aromatic rings. The summed E-state index contributed by atoms with van der Waals surface area (Å²) in [4.78, 5) is 2.20. The lowest BCUT2D eigenvalue weighted by molar-refractivity contribution is 0.332. The van der Waals surface area contributed by atoms with Gasteiger partial charge in [-0.05, 0) is 13.5 Å². The minimum absolute atomic E-state index is 0.516. The predicted octanol–water partition coefficient (Wildman–Crippen LogP) is 1.11. The van der Waals surface area contributed by atoms with Gasteiger partial charge in [-0.25, -0.2) is 0 Å². The van der Waals surface area contributed by atoms with E-state index in [-0.39, 0.29) is 0 Å². The Morgan fingerprint density at radius 3 is 2.87 bits per heavy atom. The molecule has 0 saturated carbocycles. The summed E-state index contributed by atoms with van der Waals surface area (Å²) >= 11 is 6.17. The van der Waals surface area contributed by atoms with Crippen LogP contribution in [-0.2, 0) is 23.9 Å². The Morgan fingerprint density at radius 1 is 1.47 bits per heavy atom. The zero-order valence-electron chi connectivity index (χ0n) is 8.86. The summed E-state index contributed by atoms with van der Waals surface area (Å²) in [7, 11) is 0.952. The van der Waals surface area contributed by atoms with E-state index in [1.807, 2.05) is 4.68 Å². The smallest absolute Gasteiger partial charge is 0.167 e. The number of hydrogen-bond donors (Lipinski definition) is 0. The van der Waals surface area contributed by atoms with Crippen molar-refractivity contribution in [3.8, 4) is 0 Å². The molecule has 1 aliphatic heterocycles. The Kier molecular flexibility index (Phi) is 3.13. The number of aromatic nitrogens is 2. The lowest BCUT2D eigenvalue weighted by Crippen LogP contribution is -2.17. The number of rotatable bonds is 1. The fraction of sp³-hybridized carbons (Fsp3) is 0.667. The van der Waals surface area contributed by atoms with E-state index in [2.05, 4.69) is 17.0 Å². The summed E-state index contributed by atoms with van der Waals surface area (Å²) in [5.74, 6) is 0. The quantitative estimate of drug-likeness (QED) is 0.746. The van der Waals surface area contributed by atoms with Crippen LogP contribution < -0.4 is 0 Å². The molecule has 2 rings (SSSR count). The van der Waals surface area contributed by atoms with Gasteiger partial charge >= 0.3 is 0 Å². The van der Waals surface area contributed by atoms with Crippen molar-refractivity contribution < 1.29 is 4.21 Å². The van der Waals surface area contributed by atoms with Gasteiger partial charge in [0.15, 0.2) is 5.03 Å². The number of nitrogens with zero attached hydrogens (tertiary/aromatic N) is 3. The third kappa shape index (κ3) is 2.09. The van der Waals surface area contributed by atoms with Crippen LogP contribution in [0.1, 0.15) is 12.1 Å². The van der Waals surface area contributed by atoms with Crippen LogP contribution in [0.3, 0.4) is 0 Å². The van der Waals surface area contributed by atoms with Crippen molar-refractivity contribution in [2.24, 2.45) is 0 Å². The van der Waals surface area contributed by atoms with Crippen molar-refractivity contribution in [1.29, 1.82) is 0 Å². The van der Waals surface area contributed by atoms with E-state index in [0.29, 0.717) is 10.0 Å². The van der Waals surface area contributed by atoms with E-state index in [9.17, 15) is 4.21 Å². The molecule has 0 saturated heterocycles. The van der Waals surface area contributed by atoms with Crippen LogP contribution in [0, 0.1) is 0 Å². The molecule has 2 heterocycles. The average molecular weight is 248 g/mol. The molecular formula is C9H14ClN3OS. The standard InChI is InChI=1S/C9H14ClN3OS/c1-12-4-3-5-13-7(6-12)8(10)9(11-13)15(2)14/h3-6H2,1-2H3. The van der Waals surface area contributed by atoms with Crippen LogP contribution in [0.2, 0.25) is 5.02 Å². The van der Waals surface area contributed by atoms with Crippen molar-refractivity contribution in [2.45, 2.75) is 24.5 Å². The van der Waals surface area contributed by atoms with Crippen LogP contribution in [0.4, 0.5) is 0 Å². The summed E-state index contributed by atoms with van der Waals surface area (Å²) in [6.45, 7) is 2.68. The SMILES string of the molecule is CN1CCCn2nc(S(C)=O)c(Cl)c2C1. The van der Waals surface area contributed by atoms with Gasteiger partial charge in [-0.3, -0.25) is 8.89 Å². The topological polar surface area (TPSA) is 38.1 Å². The summed E-state index contributed by atoms with van der Waals surface area (Å²) in [6.07, 6.45) is 2.66. The number of aryl methyl sites for hydroxylation is 1. The lowest BCUT2D eigenvalue weighted by atomic mass is 10.4. The van der Waals surface area contributed by atoms with E-state index in [1.165, 1.54) is 0 Å². The van der Waals surface area contributed by atoms with Crippen molar-refractivity contribution in [1.82, 2.24) is 14.7 Å². The van der Waals surface area contributed by atoms with Gasteiger partial charge in [0.05, 0.1) is 21.5 Å². The Bertz CT molecular complexity index is 404. The second-order valence-electron chi connectivity index (χ2n) is 3.83. The van der Waals surface area contributed by atoms with Gasteiger partial charge in [-0.15, -0.1) is 0 Å². The van der Waals surface area contributed by atoms with Gasteiger partial charge in [-0.2, -0.15) is 5.10 Å². The molecule has 6 heteroatoms. The van der Waals surface area contributed by atoms with Crippen LogP contribution in [-0.4, -0.2) is 38.7 Å². The Labute approximate surface area is 96.7 Å². The van der Waals surface area contributed by atoms with Crippen LogP contribution in [0.15, 0.2) is 5.03 Å². The fourth-order valence-electron chi connectivity index (χ4n) is 1.80. The lowest BCUT2D eigenvalue weighted by Gasteiger charge is -2.11. The molecular weight excluding hydrogens is 234 g/mol. The van der Waals surface area contributed by atoms with Crippen molar-refractivity contribution in [2.75, 3.05) is 19.8 Å². The van der Waals surface area contributed by atoms with Gasteiger partial charge in [0.1, 0.15) is 0 Å². The highest BCUT2D eigenvalue weighted by atomic mass is 35.5. The van der Waals surface area contributed by atoms with E-state index >= 15 is 0 Å². The minimum atomic E-state index is -1.10. The first-order valence-electron chi connectivity index (χ1n) is 4.86. The molecule has 0 aliphatic carbocycles. The molecule has 4 nitrogen and oxygen atoms in total. The van der Waals surface area contributed by atoms with Gasteiger partial charge in [-0.1, -0.05) is 11.6 Å². The van der Waals surface area contributed by atoms with Crippen molar-refractivity contribution in [3.63, 3.8) is 0 Å². The summed E-state index contributed by atoms with van der Waals surface area (Å²) < 4.78 is 13.3. The van der Waals surface area contributed by atoms with Crippen LogP contribution in [0.5, 0.6) is 0 Å². The molecule has 0 N–H and O–H groups in total. The molecule has 1 aliphatic rings. The minimum Gasteiger partial charge on any atom is -0.300 e. The number of halogens is 1. The highest BCUT2D eigenvalue weighted by Gasteiger charge is 2.21. The molecule has 15 heavy (non-hydrogen) atoms. The normalized spacial score (nSPS) is 19.7. The first-order chi connectivity index (χ1) is 7.09. The average Bonchev–Trinajstić information content (AvgIpc) is 2.38. The fourth-order valence-corrected chi connectivity index (χ4v) is 2.90. The molecule has 0 radical (unpaired) electrons. The van der Waals surface area contributed by atoms with Gasteiger partial charge < -0.3 is 4.90 Å². The Hall–Kier alpha value is -0.390. The van der Waals surface area contributed by atoms with E-state index < -0.39 is 10.8 Å². The monoisotopic (exact) mass is 247 g/mol. The molecule has 0 fully saturated rings. The van der Waals surface area contributed by atoms with Crippen LogP contribution in [0.25, 0.3) is 0 Å². The van der Waals surface area contributed by atoms with Crippen molar-refractivity contribution >= 4 is 22.4 Å². The number of hydrogen-bond acceptors (Lipinski definition) is 3. The zero-order valence-corrected chi connectivity index (χ0v) is 10.4.